The zero-order chi connectivity index (χ0) is 13.7. The van der Waals surface area contributed by atoms with E-state index in [1.807, 2.05) is 30.3 Å². The van der Waals surface area contributed by atoms with Gasteiger partial charge in [-0.2, -0.15) is 0 Å². The van der Waals surface area contributed by atoms with Crippen molar-refractivity contribution >= 4 is 32.7 Å². The summed E-state index contributed by atoms with van der Waals surface area (Å²) in [6.45, 7) is 1.02. The minimum absolute atomic E-state index is 0.360. The highest BCUT2D eigenvalue weighted by atomic mass is 79.9. The predicted molar refractivity (Wildman–Crippen MR) is 80.4 cm³/mol. The van der Waals surface area contributed by atoms with Gasteiger partial charge in [-0.05, 0) is 40.5 Å². The Morgan fingerprint density at radius 3 is 3.00 bits per heavy atom. The van der Waals surface area contributed by atoms with Crippen molar-refractivity contribution in [1.29, 1.82) is 0 Å². The summed E-state index contributed by atoms with van der Waals surface area (Å²) in [6.07, 6.45) is 0.188. The van der Waals surface area contributed by atoms with Crippen LogP contribution >= 0.6 is 15.9 Å². The van der Waals surface area contributed by atoms with Crippen LogP contribution in [0.1, 0.15) is 6.42 Å². The van der Waals surface area contributed by atoms with Crippen LogP contribution in [0.5, 0.6) is 0 Å². The lowest BCUT2D eigenvalue weighted by molar-refractivity contribution is 0.0615. The lowest BCUT2D eigenvalue weighted by Gasteiger charge is -2.11. The van der Waals surface area contributed by atoms with Gasteiger partial charge in [0.05, 0.1) is 18.2 Å². The molecule has 0 aliphatic heterocycles. The second kappa shape index (κ2) is 6.84. The summed E-state index contributed by atoms with van der Waals surface area (Å²) in [4.78, 5) is 4.55. The van der Waals surface area contributed by atoms with Gasteiger partial charge in [-0.25, -0.2) is 4.98 Å². The molecule has 0 saturated carbocycles. The average molecular weight is 325 g/mol. The van der Waals surface area contributed by atoms with Crippen LogP contribution in [0.15, 0.2) is 34.8 Å². The van der Waals surface area contributed by atoms with E-state index in [0.29, 0.717) is 19.6 Å². The Kier molecular flexibility index (Phi) is 5.13. The SMILES string of the molecule is COCC(O)CCNc1ccc2cccc(Br)c2n1. The number of halogens is 1. The molecule has 0 bridgehead atoms. The normalized spacial score (nSPS) is 12.6. The molecule has 1 heterocycles. The highest BCUT2D eigenvalue weighted by Gasteiger charge is 2.04. The van der Waals surface area contributed by atoms with E-state index in [0.717, 1.165) is 21.2 Å². The third-order valence-corrected chi connectivity index (χ3v) is 3.45. The first-order valence-corrected chi connectivity index (χ1v) is 6.96. The standard InChI is InChI=1S/C14H17BrN2O2/c1-19-9-11(18)7-8-16-13-6-5-10-3-2-4-12(15)14(10)17-13/h2-6,11,18H,7-9H2,1H3,(H,16,17). The van der Waals surface area contributed by atoms with E-state index >= 15 is 0 Å². The molecule has 0 fully saturated rings. The van der Waals surface area contributed by atoms with E-state index < -0.39 is 6.10 Å². The number of anilines is 1. The zero-order valence-electron chi connectivity index (χ0n) is 10.8. The van der Waals surface area contributed by atoms with Gasteiger partial charge in [-0.3, -0.25) is 0 Å². The molecule has 2 rings (SSSR count). The van der Waals surface area contributed by atoms with Crippen molar-refractivity contribution in [2.45, 2.75) is 12.5 Å². The predicted octanol–water partition coefficient (Wildman–Crippen LogP) is 2.81. The van der Waals surface area contributed by atoms with E-state index in [9.17, 15) is 5.11 Å². The van der Waals surface area contributed by atoms with Crippen molar-refractivity contribution in [2.75, 3.05) is 25.6 Å². The van der Waals surface area contributed by atoms with Gasteiger partial charge in [0, 0.05) is 23.5 Å². The first kappa shape index (κ1) is 14.2. The molecule has 1 aromatic carbocycles. The Bertz CT molecular complexity index is 548. The molecule has 2 N–H and O–H groups in total. The highest BCUT2D eigenvalue weighted by molar-refractivity contribution is 9.10. The second-order valence-electron chi connectivity index (χ2n) is 4.33. The van der Waals surface area contributed by atoms with E-state index in [1.54, 1.807) is 7.11 Å². The molecule has 4 nitrogen and oxygen atoms in total. The smallest absolute Gasteiger partial charge is 0.126 e. The van der Waals surface area contributed by atoms with Crippen LogP contribution in [0.25, 0.3) is 10.9 Å². The molecule has 0 aliphatic carbocycles. The molecule has 0 amide bonds. The van der Waals surface area contributed by atoms with Crippen molar-refractivity contribution in [3.05, 3.63) is 34.8 Å². The van der Waals surface area contributed by atoms with Gasteiger partial charge in [0.2, 0.25) is 0 Å². The number of methoxy groups -OCH3 is 1. The Labute approximate surface area is 120 Å². The molecule has 1 aromatic heterocycles. The summed E-state index contributed by atoms with van der Waals surface area (Å²) in [6, 6.07) is 9.96. The Morgan fingerprint density at radius 2 is 2.21 bits per heavy atom. The summed E-state index contributed by atoms with van der Waals surface area (Å²) >= 11 is 3.50. The zero-order valence-corrected chi connectivity index (χ0v) is 12.4. The summed E-state index contributed by atoms with van der Waals surface area (Å²) < 4.78 is 5.86. The van der Waals surface area contributed by atoms with Gasteiger partial charge >= 0.3 is 0 Å². The van der Waals surface area contributed by atoms with Gasteiger partial charge in [0.15, 0.2) is 0 Å². The average Bonchev–Trinajstić information content (AvgIpc) is 2.40. The topological polar surface area (TPSA) is 54.4 Å². The summed E-state index contributed by atoms with van der Waals surface area (Å²) in [7, 11) is 1.58. The molecule has 0 radical (unpaired) electrons. The Hall–Kier alpha value is -1.17. The summed E-state index contributed by atoms with van der Waals surface area (Å²) in [5.41, 5.74) is 0.935. The molecule has 2 aromatic rings. The third-order valence-electron chi connectivity index (χ3n) is 2.81. The highest BCUT2D eigenvalue weighted by Crippen LogP contribution is 2.23. The number of ether oxygens (including phenoxy) is 1. The third kappa shape index (κ3) is 3.89. The van der Waals surface area contributed by atoms with Crippen molar-refractivity contribution in [2.24, 2.45) is 0 Å². The van der Waals surface area contributed by atoms with E-state index in [-0.39, 0.29) is 0 Å². The van der Waals surface area contributed by atoms with Crippen LogP contribution in [-0.4, -0.2) is 36.5 Å². The molecule has 1 atom stereocenters. The number of aromatic nitrogens is 1. The van der Waals surface area contributed by atoms with Gasteiger partial charge < -0.3 is 15.2 Å². The fourth-order valence-corrected chi connectivity index (χ4v) is 2.32. The maximum absolute atomic E-state index is 9.55. The Morgan fingerprint density at radius 1 is 1.37 bits per heavy atom. The van der Waals surface area contributed by atoms with Gasteiger partial charge in [0.25, 0.3) is 0 Å². The van der Waals surface area contributed by atoms with Crippen LogP contribution in [0.2, 0.25) is 0 Å². The number of fused-ring (bicyclic) bond motifs is 1. The van der Waals surface area contributed by atoms with Crippen LogP contribution in [0.3, 0.4) is 0 Å². The maximum atomic E-state index is 9.55. The number of pyridine rings is 1. The van der Waals surface area contributed by atoms with Gasteiger partial charge in [-0.15, -0.1) is 0 Å². The molecule has 1 unspecified atom stereocenters. The first-order valence-electron chi connectivity index (χ1n) is 6.17. The number of nitrogens with one attached hydrogen (secondary N) is 1. The minimum atomic E-state index is -0.440. The van der Waals surface area contributed by atoms with Gasteiger partial charge in [-0.1, -0.05) is 12.1 Å². The molecule has 0 saturated heterocycles. The molecular formula is C14H17BrN2O2. The first-order chi connectivity index (χ1) is 9.20. The maximum Gasteiger partial charge on any atom is 0.126 e. The molecule has 5 heteroatoms. The lowest BCUT2D eigenvalue weighted by atomic mass is 10.2. The van der Waals surface area contributed by atoms with E-state index in [1.165, 1.54) is 0 Å². The monoisotopic (exact) mass is 324 g/mol. The molecule has 0 aliphatic rings. The number of para-hydroxylation sites is 1. The number of aliphatic hydroxyl groups is 1. The minimum Gasteiger partial charge on any atom is -0.391 e. The number of nitrogens with zero attached hydrogens (tertiary/aromatic N) is 1. The number of benzene rings is 1. The second-order valence-corrected chi connectivity index (χ2v) is 5.19. The largest absolute Gasteiger partial charge is 0.391 e. The van der Waals surface area contributed by atoms with Crippen molar-refractivity contribution in [1.82, 2.24) is 4.98 Å². The Balaban J connectivity index is 2.00. The number of rotatable bonds is 6. The fourth-order valence-electron chi connectivity index (χ4n) is 1.85. The van der Waals surface area contributed by atoms with Crippen molar-refractivity contribution in [3.8, 4) is 0 Å². The van der Waals surface area contributed by atoms with Crippen LogP contribution in [0.4, 0.5) is 5.82 Å². The van der Waals surface area contributed by atoms with E-state index in [4.69, 9.17) is 4.74 Å². The molecule has 19 heavy (non-hydrogen) atoms. The number of hydrogen-bond donors (Lipinski definition) is 2. The van der Waals surface area contributed by atoms with Crippen LogP contribution in [0, 0.1) is 0 Å². The van der Waals surface area contributed by atoms with Crippen molar-refractivity contribution in [3.63, 3.8) is 0 Å². The van der Waals surface area contributed by atoms with Gasteiger partial charge in [0.1, 0.15) is 5.82 Å². The van der Waals surface area contributed by atoms with Crippen molar-refractivity contribution < 1.29 is 9.84 Å². The molecule has 0 spiro atoms. The van der Waals surface area contributed by atoms with Crippen LogP contribution < -0.4 is 5.32 Å². The number of aliphatic hydroxyl groups excluding tert-OH is 1. The number of hydrogen-bond acceptors (Lipinski definition) is 4. The molecular weight excluding hydrogens is 308 g/mol. The lowest BCUT2D eigenvalue weighted by Crippen LogP contribution is -2.18. The van der Waals surface area contributed by atoms with Crippen LogP contribution in [-0.2, 0) is 4.74 Å². The summed E-state index contributed by atoms with van der Waals surface area (Å²) in [5, 5.41) is 13.9. The quantitative estimate of drug-likeness (QED) is 0.857. The fraction of sp³-hybridized carbons (Fsp3) is 0.357. The van der Waals surface area contributed by atoms with E-state index in [2.05, 4.69) is 26.2 Å². The summed E-state index contributed by atoms with van der Waals surface area (Å²) in [5.74, 6) is 0.809. The molecule has 102 valence electrons.